The van der Waals surface area contributed by atoms with E-state index in [2.05, 4.69) is 26.1 Å². The van der Waals surface area contributed by atoms with Crippen LogP contribution in [0.5, 0.6) is 0 Å². The van der Waals surface area contributed by atoms with Crippen LogP contribution in [0.2, 0.25) is 10.0 Å². The fourth-order valence-corrected chi connectivity index (χ4v) is 8.71. The maximum atomic E-state index is 13.5. The van der Waals surface area contributed by atoms with Crippen molar-refractivity contribution in [2.45, 2.75) is 65.7 Å². The molecule has 2 saturated carbocycles. The van der Waals surface area contributed by atoms with Gasteiger partial charge >= 0.3 is 0 Å². The van der Waals surface area contributed by atoms with Gasteiger partial charge in [0.1, 0.15) is 0 Å². The van der Waals surface area contributed by atoms with Crippen molar-refractivity contribution >= 4 is 40.7 Å². The molecular weight excluding hydrogens is 455 g/mol. The summed E-state index contributed by atoms with van der Waals surface area (Å²) in [6.45, 7) is 6.97. The number of allylic oxidation sites excluding steroid dienone is 2. The number of hydrogen-bond acceptors (Lipinski definition) is 2. The third-order valence-corrected chi connectivity index (χ3v) is 10.7. The van der Waals surface area contributed by atoms with Gasteiger partial charge in [0.05, 0.1) is 15.7 Å². The predicted molar refractivity (Wildman–Crippen MR) is 133 cm³/mol. The van der Waals surface area contributed by atoms with Crippen molar-refractivity contribution in [1.29, 1.82) is 0 Å². The van der Waals surface area contributed by atoms with Gasteiger partial charge in [-0.25, -0.2) is 0 Å². The number of nitrogens with zero attached hydrogens (tertiary/aromatic N) is 1. The molecule has 33 heavy (non-hydrogen) atoms. The lowest BCUT2D eigenvalue weighted by molar-refractivity contribution is -0.137. The Morgan fingerprint density at radius 2 is 1.88 bits per heavy atom. The van der Waals surface area contributed by atoms with Gasteiger partial charge in [-0.1, -0.05) is 48.7 Å². The summed E-state index contributed by atoms with van der Waals surface area (Å²) in [4.78, 5) is 27.9. The third-order valence-electron chi connectivity index (χ3n) is 9.84. The summed E-state index contributed by atoms with van der Waals surface area (Å²) in [5, 5.41) is 3.94. The predicted octanol–water partition coefficient (Wildman–Crippen LogP) is 6.93. The molecule has 1 aliphatic heterocycles. The molecule has 2 amide bonds. The second-order valence-corrected chi connectivity index (χ2v) is 12.1. The Hall–Kier alpha value is -1.52. The van der Waals surface area contributed by atoms with Gasteiger partial charge < -0.3 is 10.2 Å². The van der Waals surface area contributed by atoms with Crippen LogP contribution in [0.3, 0.4) is 0 Å². The molecule has 0 unspecified atom stereocenters. The van der Waals surface area contributed by atoms with E-state index in [0.717, 1.165) is 38.5 Å². The zero-order chi connectivity index (χ0) is 23.7. The van der Waals surface area contributed by atoms with Crippen molar-refractivity contribution in [2.24, 2.45) is 34.5 Å². The van der Waals surface area contributed by atoms with Gasteiger partial charge in [-0.2, -0.15) is 0 Å². The van der Waals surface area contributed by atoms with E-state index in [1.54, 1.807) is 6.07 Å². The fraction of sp³-hybridized carbons (Fsp3) is 0.630. The monoisotopic (exact) mass is 488 g/mol. The Morgan fingerprint density at radius 3 is 2.64 bits per heavy atom. The standard InChI is InChI=1S/C27H34Cl2N2O2/c1-15-14-16-17-8-9-19(25(33)30-21-7-5-6-20(28)23(21)29)26(17,2)12-10-18(16)27(3)13-11-22(32)31(4)24(15)27/h5-7,16-19H,8-14H2,1-4H3,(H,30,33)/t16-,17-,18-,19+,26-,27+/m0/s1. The third kappa shape index (κ3) is 3.38. The molecule has 6 heteroatoms. The van der Waals surface area contributed by atoms with Crippen LogP contribution in [-0.4, -0.2) is 23.8 Å². The molecule has 5 rings (SSSR count). The Labute approximate surface area is 207 Å². The van der Waals surface area contributed by atoms with Crippen molar-refractivity contribution < 1.29 is 9.59 Å². The summed E-state index contributed by atoms with van der Waals surface area (Å²) in [7, 11) is 1.96. The fourth-order valence-electron chi connectivity index (χ4n) is 8.36. The van der Waals surface area contributed by atoms with Gasteiger partial charge in [0, 0.05) is 30.5 Å². The maximum Gasteiger partial charge on any atom is 0.228 e. The number of carbonyl (C=O) groups is 2. The van der Waals surface area contributed by atoms with Gasteiger partial charge in [0.25, 0.3) is 0 Å². The molecule has 0 bridgehead atoms. The van der Waals surface area contributed by atoms with Gasteiger partial charge in [0.2, 0.25) is 11.8 Å². The summed E-state index contributed by atoms with van der Waals surface area (Å²) in [5.74, 6) is 1.98. The molecule has 3 aliphatic carbocycles. The highest BCUT2D eigenvalue weighted by molar-refractivity contribution is 6.44. The SMILES string of the molecule is CC1=C2N(C)C(=O)CC[C@]2(C)[C@H]2CC[C@]3(C)[C@@H](C(=O)Nc4cccc(Cl)c4Cl)CC[C@H]3[C@@H]2C1. The maximum absolute atomic E-state index is 13.5. The quantitative estimate of drug-likeness (QED) is 0.490. The first-order valence-corrected chi connectivity index (χ1v) is 13.0. The number of amides is 2. The molecular formula is C27H34Cl2N2O2. The number of rotatable bonds is 2. The van der Waals surface area contributed by atoms with E-state index in [0.29, 0.717) is 39.9 Å². The molecule has 4 nitrogen and oxygen atoms in total. The molecule has 6 atom stereocenters. The van der Waals surface area contributed by atoms with Crippen molar-refractivity contribution in [1.82, 2.24) is 4.90 Å². The number of anilines is 1. The van der Waals surface area contributed by atoms with Crippen molar-refractivity contribution in [3.63, 3.8) is 0 Å². The molecule has 4 aliphatic rings. The van der Waals surface area contributed by atoms with E-state index >= 15 is 0 Å². The van der Waals surface area contributed by atoms with Crippen molar-refractivity contribution in [3.8, 4) is 0 Å². The van der Waals surface area contributed by atoms with Gasteiger partial charge in [-0.05, 0) is 80.8 Å². The van der Waals surface area contributed by atoms with Gasteiger partial charge in [-0.15, -0.1) is 0 Å². The van der Waals surface area contributed by atoms with Crippen LogP contribution in [0, 0.1) is 34.5 Å². The van der Waals surface area contributed by atoms with E-state index in [-0.39, 0.29) is 28.6 Å². The summed E-state index contributed by atoms with van der Waals surface area (Å²) in [6, 6.07) is 5.36. The lowest BCUT2D eigenvalue weighted by Gasteiger charge is -2.59. The van der Waals surface area contributed by atoms with Crippen LogP contribution >= 0.6 is 23.2 Å². The molecule has 178 valence electrons. The zero-order valence-electron chi connectivity index (χ0n) is 20.0. The summed E-state index contributed by atoms with van der Waals surface area (Å²) in [5.41, 5.74) is 3.30. The van der Waals surface area contributed by atoms with Crippen LogP contribution in [0.4, 0.5) is 5.69 Å². The number of halogens is 2. The second-order valence-electron chi connectivity index (χ2n) is 11.3. The molecule has 0 spiro atoms. The largest absolute Gasteiger partial charge is 0.324 e. The Bertz CT molecular complexity index is 1050. The molecule has 1 aromatic rings. The summed E-state index contributed by atoms with van der Waals surface area (Å²) in [6.07, 6.45) is 6.81. The van der Waals surface area contributed by atoms with Crippen LogP contribution in [0.25, 0.3) is 0 Å². The lowest BCUT2D eigenvalue weighted by Crippen LogP contribution is -2.54. The number of piperidine rings is 1. The molecule has 0 radical (unpaired) electrons. The molecule has 1 N–H and O–H groups in total. The average molecular weight is 489 g/mol. The minimum absolute atomic E-state index is 0.0131. The molecule has 3 fully saturated rings. The Kier molecular flexibility index (Phi) is 5.64. The number of hydrogen-bond donors (Lipinski definition) is 1. The van der Waals surface area contributed by atoms with Crippen LogP contribution in [0.1, 0.15) is 65.7 Å². The summed E-state index contributed by atoms with van der Waals surface area (Å²) >= 11 is 12.5. The van der Waals surface area contributed by atoms with Gasteiger partial charge in [-0.3, -0.25) is 9.59 Å². The first kappa shape index (κ1) is 23.2. The van der Waals surface area contributed by atoms with Crippen molar-refractivity contribution in [3.05, 3.63) is 39.5 Å². The van der Waals surface area contributed by atoms with Crippen LogP contribution < -0.4 is 5.32 Å². The van der Waals surface area contributed by atoms with E-state index in [1.165, 1.54) is 11.3 Å². The van der Waals surface area contributed by atoms with Crippen LogP contribution in [-0.2, 0) is 9.59 Å². The highest BCUT2D eigenvalue weighted by atomic mass is 35.5. The first-order chi connectivity index (χ1) is 15.6. The molecule has 1 heterocycles. The zero-order valence-corrected chi connectivity index (χ0v) is 21.5. The number of benzene rings is 1. The first-order valence-electron chi connectivity index (χ1n) is 12.3. The molecule has 1 aromatic carbocycles. The van der Waals surface area contributed by atoms with E-state index < -0.39 is 0 Å². The number of nitrogens with one attached hydrogen (secondary N) is 1. The van der Waals surface area contributed by atoms with Crippen LogP contribution in [0.15, 0.2) is 29.5 Å². The van der Waals surface area contributed by atoms with E-state index in [1.807, 2.05) is 24.1 Å². The topological polar surface area (TPSA) is 49.4 Å². The number of likely N-dealkylation sites (tertiary alicyclic amines) is 1. The Balaban J connectivity index is 1.42. The van der Waals surface area contributed by atoms with Crippen molar-refractivity contribution in [2.75, 3.05) is 12.4 Å². The minimum atomic E-state index is -0.0207. The smallest absolute Gasteiger partial charge is 0.228 e. The molecule has 0 aromatic heterocycles. The molecule has 1 saturated heterocycles. The lowest BCUT2D eigenvalue weighted by atomic mass is 9.48. The van der Waals surface area contributed by atoms with E-state index in [9.17, 15) is 9.59 Å². The van der Waals surface area contributed by atoms with E-state index in [4.69, 9.17) is 23.2 Å². The highest BCUT2D eigenvalue weighted by Gasteiger charge is 2.61. The summed E-state index contributed by atoms with van der Waals surface area (Å²) < 4.78 is 0. The normalized spacial score (nSPS) is 38.0. The number of fused-ring (bicyclic) bond motifs is 5. The minimum Gasteiger partial charge on any atom is -0.324 e. The van der Waals surface area contributed by atoms with Gasteiger partial charge in [0.15, 0.2) is 0 Å². The number of carbonyl (C=O) groups excluding carboxylic acids is 2. The Morgan fingerprint density at radius 1 is 1.12 bits per heavy atom. The highest BCUT2D eigenvalue weighted by Crippen LogP contribution is 2.67. The second kappa shape index (κ2) is 8.02. The average Bonchev–Trinajstić information content (AvgIpc) is 3.12.